The predicted octanol–water partition coefficient (Wildman–Crippen LogP) is 2.97. The van der Waals surface area contributed by atoms with Crippen molar-refractivity contribution in [3.63, 3.8) is 0 Å². The Kier molecular flexibility index (Phi) is 6.26. The molecule has 1 aliphatic heterocycles. The molecule has 90 valence electrons. The highest BCUT2D eigenvalue weighted by atomic mass is 16.5. The Labute approximate surface area is 94.8 Å². The van der Waals surface area contributed by atoms with Gasteiger partial charge in [-0.3, -0.25) is 0 Å². The lowest BCUT2D eigenvalue weighted by atomic mass is 10.00. The number of nitrogens with one attached hydrogen (secondary N) is 1. The average Bonchev–Trinajstić information content (AvgIpc) is 2.18. The largest absolute Gasteiger partial charge is 0.378 e. The van der Waals surface area contributed by atoms with Crippen molar-refractivity contribution >= 4 is 0 Å². The van der Waals surface area contributed by atoms with Gasteiger partial charge in [-0.25, -0.2) is 0 Å². The highest BCUT2D eigenvalue weighted by Gasteiger charge is 2.21. The van der Waals surface area contributed by atoms with Gasteiger partial charge >= 0.3 is 0 Å². The molecule has 1 saturated heterocycles. The van der Waals surface area contributed by atoms with Crippen LogP contribution in [0.15, 0.2) is 0 Å². The van der Waals surface area contributed by atoms with Crippen molar-refractivity contribution in [1.29, 1.82) is 0 Å². The monoisotopic (exact) mass is 213 g/mol. The molecule has 1 fully saturated rings. The zero-order chi connectivity index (χ0) is 11.1. The molecule has 1 rings (SSSR count). The van der Waals surface area contributed by atoms with Crippen LogP contribution in [0, 0.1) is 5.92 Å². The van der Waals surface area contributed by atoms with E-state index in [0.717, 1.165) is 12.5 Å². The number of hydrogen-bond donors (Lipinski definition) is 1. The predicted molar refractivity (Wildman–Crippen MR) is 65.1 cm³/mol. The number of ether oxygens (including phenoxy) is 1. The lowest BCUT2D eigenvalue weighted by Gasteiger charge is -2.30. The quantitative estimate of drug-likeness (QED) is 0.732. The Morgan fingerprint density at radius 1 is 1.40 bits per heavy atom. The molecule has 1 heterocycles. The fourth-order valence-electron chi connectivity index (χ4n) is 2.16. The SMILES string of the molecule is CCCC1CC(NCCC(C)C)CCO1. The third-order valence-electron chi connectivity index (χ3n) is 3.13. The van der Waals surface area contributed by atoms with Crippen LogP contribution in [0.2, 0.25) is 0 Å². The third-order valence-corrected chi connectivity index (χ3v) is 3.13. The first-order valence-electron chi connectivity index (χ1n) is 6.57. The maximum atomic E-state index is 5.74. The summed E-state index contributed by atoms with van der Waals surface area (Å²) in [6, 6.07) is 0.703. The first kappa shape index (κ1) is 13.0. The lowest BCUT2D eigenvalue weighted by molar-refractivity contribution is -0.00320. The van der Waals surface area contributed by atoms with Crippen LogP contribution in [0.3, 0.4) is 0 Å². The number of hydrogen-bond acceptors (Lipinski definition) is 2. The van der Waals surface area contributed by atoms with E-state index in [1.807, 2.05) is 0 Å². The van der Waals surface area contributed by atoms with E-state index in [0.29, 0.717) is 12.1 Å². The van der Waals surface area contributed by atoms with Crippen LogP contribution >= 0.6 is 0 Å². The highest BCUT2D eigenvalue weighted by Crippen LogP contribution is 2.17. The van der Waals surface area contributed by atoms with Gasteiger partial charge in [-0.15, -0.1) is 0 Å². The molecule has 2 unspecified atom stereocenters. The zero-order valence-corrected chi connectivity index (χ0v) is 10.6. The molecule has 2 atom stereocenters. The lowest BCUT2D eigenvalue weighted by Crippen LogP contribution is -2.39. The van der Waals surface area contributed by atoms with Crippen molar-refractivity contribution < 1.29 is 4.74 Å². The van der Waals surface area contributed by atoms with E-state index in [-0.39, 0.29) is 0 Å². The van der Waals surface area contributed by atoms with E-state index in [4.69, 9.17) is 4.74 Å². The summed E-state index contributed by atoms with van der Waals surface area (Å²) < 4.78 is 5.74. The highest BCUT2D eigenvalue weighted by molar-refractivity contribution is 4.76. The van der Waals surface area contributed by atoms with E-state index >= 15 is 0 Å². The summed E-state index contributed by atoms with van der Waals surface area (Å²) >= 11 is 0. The van der Waals surface area contributed by atoms with Crippen LogP contribution in [0.25, 0.3) is 0 Å². The topological polar surface area (TPSA) is 21.3 Å². The maximum Gasteiger partial charge on any atom is 0.0589 e. The van der Waals surface area contributed by atoms with Crippen LogP contribution in [0.4, 0.5) is 0 Å². The minimum atomic E-state index is 0.514. The zero-order valence-electron chi connectivity index (χ0n) is 10.6. The second-order valence-corrected chi connectivity index (χ2v) is 5.14. The summed E-state index contributed by atoms with van der Waals surface area (Å²) in [6.45, 7) is 8.92. The minimum absolute atomic E-state index is 0.514. The minimum Gasteiger partial charge on any atom is -0.378 e. The van der Waals surface area contributed by atoms with Gasteiger partial charge in [0, 0.05) is 12.6 Å². The summed E-state index contributed by atoms with van der Waals surface area (Å²) in [4.78, 5) is 0. The molecular weight excluding hydrogens is 186 g/mol. The second-order valence-electron chi connectivity index (χ2n) is 5.14. The van der Waals surface area contributed by atoms with Gasteiger partial charge in [0.1, 0.15) is 0 Å². The standard InChI is InChI=1S/C13H27NO/c1-4-5-13-10-12(7-9-15-13)14-8-6-11(2)3/h11-14H,4-10H2,1-3H3. The molecule has 0 saturated carbocycles. The van der Waals surface area contributed by atoms with Crippen molar-refractivity contribution in [2.75, 3.05) is 13.2 Å². The van der Waals surface area contributed by atoms with Gasteiger partial charge < -0.3 is 10.1 Å². The van der Waals surface area contributed by atoms with Gasteiger partial charge in [0.2, 0.25) is 0 Å². The van der Waals surface area contributed by atoms with Crippen molar-refractivity contribution in [3.8, 4) is 0 Å². The van der Waals surface area contributed by atoms with Crippen molar-refractivity contribution in [1.82, 2.24) is 5.32 Å². The van der Waals surface area contributed by atoms with E-state index < -0.39 is 0 Å². The molecule has 2 nitrogen and oxygen atoms in total. The molecule has 0 amide bonds. The summed E-state index contributed by atoms with van der Waals surface area (Å²) in [5.74, 6) is 0.809. The molecule has 0 aromatic carbocycles. The molecule has 0 radical (unpaired) electrons. The fourth-order valence-corrected chi connectivity index (χ4v) is 2.16. The Morgan fingerprint density at radius 2 is 2.20 bits per heavy atom. The fraction of sp³-hybridized carbons (Fsp3) is 1.00. The average molecular weight is 213 g/mol. The number of rotatable bonds is 6. The Hall–Kier alpha value is -0.0800. The summed E-state index contributed by atoms with van der Waals surface area (Å²) in [5, 5.41) is 3.66. The van der Waals surface area contributed by atoms with Crippen LogP contribution in [-0.4, -0.2) is 25.3 Å². The first-order valence-corrected chi connectivity index (χ1v) is 6.57. The molecule has 0 spiro atoms. The molecule has 0 aliphatic carbocycles. The Morgan fingerprint density at radius 3 is 2.87 bits per heavy atom. The summed E-state index contributed by atoms with van der Waals surface area (Å²) in [5.41, 5.74) is 0. The molecule has 0 aromatic rings. The van der Waals surface area contributed by atoms with Crippen LogP contribution in [0.5, 0.6) is 0 Å². The van der Waals surface area contributed by atoms with Crippen molar-refractivity contribution in [2.24, 2.45) is 5.92 Å². The van der Waals surface area contributed by atoms with Crippen LogP contribution in [-0.2, 0) is 4.74 Å². The molecule has 0 bridgehead atoms. The van der Waals surface area contributed by atoms with Gasteiger partial charge in [0.05, 0.1) is 6.10 Å². The second kappa shape index (κ2) is 7.24. The molecule has 15 heavy (non-hydrogen) atoms. The Balaban J connectivity index is 2.12. The van der Waals surface area contributed by atoms with E-state index in [2.05, 4.69) is 26.1 Å². The Bertz CT molecular complexity index is 157. The van der Waals surface area contributed by atoms with Gasteiger partial charge in [-0.05, 0) is 38.1 Å². The van der Waals surface area contributed by atoms with Crippen molar-refractivity contribution in [3.05, 3.63) is 0 Å². The summed E-state index contributed by atoms with van der Waals surface area (Å²) in [6.07, 6.45) is 6.67. The van der Waals surface area contributed by atoms with Crippen molar-refractivity contribution in [2.45, 2.75) is 65.0 Å². The van der Waals surface area contributed by atoms with Gasteiger partial charge in [-0.1, -0.05) is 27.2 Å². The first-order chi connectivity index (χ1) is 7.22. The maximum absolute atomic E-state index is 5.74. The van der Waals surface area contributed by atoms with E-state index in [9.17, 15) is 0 Å². The van der Waals surface area contributed by atoms with Gasteiger partial charge in [0.25, 0.3) is 0 Å². The van der Waals surface area contributed by atoms with Crippen LogP contribution in [0.1, 0.15) is 52.9 Å². The van der Waals surface area contributed by atoms with Gasteiger partial charge in [0.15, 0.2) is 0 Å². The third kappa shape index (κ3) is 5.53. The van der Waals surface area contributed by atoms with E-state index in [1.54, 1.807) is 0 Å². The normalized spacial score (nSPS) is 27.2. The molecule has 1 aliphatic rings. The molecule has 2 heteroatoms. The molecular formula is C13H27NO. The summed E-state index contributed by atoms with van der Waals surface area (Å²) in [7, 11) is 0. The van der Waals surface area contributed by atoms with Gasteiger partial charge in [-0.2, -0.15) is 0 Å². The smallest absolute Gasteiger partial charge is 0.0589 e. The molecule has 1 N–H and O–H groups in total. The molecule has 0 aromatic heterocycles. The van der Waals surface area contributed by atoms with Crippen LogP contribution < -0.4 is 5.32 Å². The van der Waals surface area contributed by atoms with E-state index in [1.165, 1.54) is 38.6 Å².